The summed E-state index contributed by atoms with van der Waals surface area (Å²) in [7, 11) is 0. The third kappa shape index (κ3) is 6.88. The maximum absolute atomic E-state index is 5.44. The van der Waals surface area contributed by atoms with Crippen molar-refractivity contribution in [1.82, 2.24) is 5.32 Å². The van der Waals surface area contributed by atoms with Crippen molar-refractivity contribution in [3.05, 3.63) is 23.7 Å². The molecule has 4 heteroatoms. The zero-order valence-electron chi connectivity index (χ0n) is 10.1. The number of nitrogens with one attached hydrogen (secondary N) is 1. The van der Waals surface area contributed by atoms with Crippen LogP contribution in [0, 0.1) is 6.92 Å². The summed E-state index contributed by atoms with van der Waals surface area (Å²) in [4.78, 5) is 0. The molecule has 1 N–H and O–H groups in total. The second-order valence-corrected chi connectivity index (χ2v) is 3.59. The molecule has 0 aliphatic heterocycles. The Morgan fingerprint density at radius 3 is 2.75 bits per heavy atom. The minimum atomic E-state index is 0. The van der Waals surface area contributed by atoms with E-state index in [0.717, 1.165) is 50.7 Å². The summed E-state index contributed by atoms with van der Waals surface area (Å²) in [6.45, 7) is 7.52. The van der Waals surface area contributed by atoms with Crippen LogP contribution in [0.5, 0.6) is 0 Å². The average Bonchev–Trinajstić information content (AvgIpc) is 2.63. The Kier molecular flexibility index (Phi) is 9.39. The van der Waals surface area contributed by atoms with E-state index in [0.29, 0.717) is 0 Å². The Bertz CT molecular complexity index is 263. The fraction of sp³-hybridized carbons (Fsp3) is 0.667. The van der Waals surface area contributed by atoms with Crippen LogP contribution in [0.1, 0.15) is 31.3 Å². The van der Waals surface area contributed by atoms with Gasteiger partial charge in [0, 0.05) is 13.2 Å². The molecule has 0 saturated carbocycles. The van der Waals surface area contributed by atoms with Crippen molar-refractivity contribution in [2.45, 2.75) is 33.2 Å². The third-order valence-electron chi connectivity index (χ3n) is 2.19. The Balaban J connectivity index is 0.00000225. The van der Waals surface area contributed by atoms with E-state index in [1.807, 2.05) is 26.0 Å². The molecule has 0 aliphatic carbocycles. The standard InChI is InChI=1S/C12H21NO2.ClH/c1-3-14-9-5-4-8-13-10-12-7-6-11(2)15-12;/h6-7,13H,3-5,8-10H2,1-2H3;1H. The van der Waals surface area contributed by atoms with Crippen molar-refractivity contribution in [1.29, 1.82) is 0 Å². The van der Waals surface area contributed by atoms with Crippen LogP contribution in [0.25, 0.3) is 0 Å². The molecule has 3 nitrogen and oxygen atoms in total. The van der Waals surface area contributed by atoms with Crippen molar-refractivity contribution in [3.8, 4) is 0 Å². The first kappa shape index (κ1) is 15.5. The highest BCUT2D eigenvalue weighted by molar-refractivity contribution is 5.85. The SMILES string of the molecule is CCOCCCCNCc1ccc(C)o1.Cl. The Hall–Kier alpha value is -0.510. The summed E-state index contributed by atoms with van der Waals surface area (Å²) in [5, 5.41) is 3.34. The maximum Gasteiger partial charge on any atom is 0.117 e. The zero-order valence-corrected chi connectivity index (χ0v) is 10.9. The predicted molar refractivity (Wildman–Crippen MR) is 68.1 cm³/mol. The summed E-state index contributed by atoms with van der Waals surface area (Å²) in [6, 6.07) is 4.01. The minimum absolute atomic E-state index is 0. The lowest BCUT2D eigenvalue weighted by molar-refractivity contribution is 0.143. The molecule has 0 amide bonds. The number of hydrogen-bond donors (Lipinski definition) is 1. The molecule has 0 saturated heterocycles. The van der Waals surface area contributed by atoms with Gasteiger partial charge in [-0.15, -0.1) is 12.4 Å². The molecule has 94 valence electrons. The second-order valence-electron chi connectivity index (χ2n) is 3.59. The van der Waals surface area contributed by atoms with Crippen LogP contribution in [0.2, 0.25) is 0 Å². The quantitative estimate of drug-likeness (QED) is 0.718. The van der Waals surface area contributed by atoms with Gasteiger partial charge in [-0.3, -0.25) is 0 Å². The minimum Gasteiger partial charge on any atom is -0.465 e. The van der Waals surface area contributed by atoms with Gasteiger partial charge in [-0.05, 0) is 45.4 Å². The molecule has 1 aromatic rings. The van der Waals surface area contributed by atoms with Crippen molar-refractivity contribution in [3.63, 3.8) is 0 Å². The second kappa shape index (κ2) is 9.70. The molecule has 0 atom stereocenters. The normalized spacial score (nSPS) is 10.1. The van der Waals surface area contributed by atoms with Crippen LogP contribution in [0.3, 0.4) is 0 Å². The lowest BCUT2D eigenvalue weighted by Gasteiger charge is -2.03. The molecule has 0 bridgehead atoms. The van der Waals surface area contributed by atoms with Gasteiger partial charge in [0.1, 0.15) is 11.5 Å². The topological polar surface area (TPSA) is 34.4 Å². The van der Waals surface area contributed by atoms with E-state index in [4.69, 9.17) is 9.15 Å². The van der Waals surface area contributed by atoms with Gasteiger partial charge in [0.25, 0.3) is 0 Å². The van der Waals surface area contributed by atoms with Gasteiger partial charge in [-0.25, -0.2) is 0 Å². The molecule has 1 rings (SSSR count). The van der Waals surface area contributed by atoms with Gasteiger partial charge < -0.3 is 14.5 Å². The van der Waals surface area contributed by atoms with E-state index in [9.17, 15) is 0 Å². The largest absolute Gasteiger partial charge is 0.465 e. The van der Waals surface area contributed by atoms with E-state index in [1.165, 1.54) is 0 Å². The van der Waals surface area contributed by atoms with Crippen LogP contribution < -0.4 is 5.32 Å². The highest BCUT2D eigenvalue weighted by atomic mass is 35.5. The van der Waals surface area contributed by atoms with Crippen LogP contribution in [-0.2, 0) is 11.3 Å². The lowest BCUT2D eigenvalue weighted by Crippen LogP contribution is -2.14. The first-order chi connectivity index (χ1) is 7.33. The first-order valence-electron chi connectivity index (χ1n) is 5.66. The Morgan fingerprint density at radius 2 is 2.12 bits per heavy atom. The number of furan rings is 1. The fourth-order valence-electron chi connectivity index (χ4n) is 1.39. The highest BCUT2D eigenvalue weighted by Gasteiger charge is 1.96. The molecule has 0 fully saturated rings. The van der Waals surface area contributed by atoms with Crippen LogP contribution in [0.15, 0.2) is 16.5 Å². The maximum atomic E-state index is 5.44. The zero-order chi connectivity index (χ0) is 10.9. The monoisotopic (exact) mass is 247 g/mol. The van der Waals surface area contributed by atoms with Crippen molar-refractivity contribution in [2.75, 3.05) is 19.8 Å². The molecule has 0 radical (unpaired) electrons. The van der Waals surface area contributed by atoms with Gasteiger partial charge >= 0.3 is 0 Å². The predicted octanol–water partition coefficient (Wildman–Crippen LogP) is 2.92. The van der Waals surface area contributed by atoms with Gasteiger partial charge in [0.15, 0.2) is 0 Å². The number of unbranched alkanes of at least 4 members (excludes halogenated alkanes) is 1. The van der Waals surface area contributed by atoms with E-state index >= 15 is 0 Å². The Labute approximate surface area is 104 Å². The number of hydrogen-bond acceptors (Lipinski definition) is 3. The average molecular weight is 248 g/mol. The smallest absolute Gasteiger partial charge is 0.117 e. The lowest BCUT2D eigenvalue weighted by atomic mass is 10.3. The highest BCUT2D eigenvalue weighted by Crippen LogP contribution is 2.05. The first-order valence-corrected chi connectivity index (χ1v) is 5.66. The number of rotatable bonds is 8. The van der Waals surface area contributed by atoms with Gasteiger partial charge in [0.2, 0.25) is 0 Å². The molecule has 0 spiro atoms. The van der Waals surface area contributed by atoms with E-state index in [1.54, 1.807) is 0 Å². The van der Waals surface area contributed by atoms with Crippen LogP contribution >= 0.6 is 12.4 Å². The Morgan fingerprint density at radius 1 is 1.31 bits per heavy atom. The molecule has 0 unspecified atom stereocenters. The summed E-state index contributed by atoms with van der Waals surface area (Å²) in [5.74, 6) is 1.99. The van der Waals surface area contributed by atoms with Gasteiger partial charge in [0.05, 0.1) is 6.54 Å². The number of ether oxygens (including phenoxy) is 1. The summed E-state index contributed by atoms with van der Waals surface area (Å²) in [5.41, 5.74) is 0. The molecule has 16 heavy (non-hydrogen) atoms. The van der Waals surface area contributed by atoms with E-state index < -0.39 is 0 Å². The van der Waals surface area contributed by atoms with Crippen molar-refractivity contribution in [2.24, 2.45) is 0 Å². The summed E-state index contributed by atoms with van der Waals surface area (Å²) in [6.07, 6.45) is 2.28. The molecular formula is C12H22ClNO2. The van der Waals surface area contributed by atoms with Crippen LogP contribution in [0.4, 0.5) is 0 Å². The molecule has 1 heterocycles. The number of halogens is 1. The van der Waals surface area contributed by atoms with Gasteiger partial charge in [-0.2, -0.15) is 0 Å². The summed E-state index contributed by atoms with van der Waals surface area (Å²) >= 11 is 0. The van der Waals surface area contributed by atoms with E-state index in [2.05, 4.69) is 5.32 Å². The summed E-state index contributed by atoms with van der Waals surface area (Å²) < 4.78 is 10.7. The van der Waals surface area contributed by atoms with Crippen molar-refractivity contribution >= 4 is 12.4 Å². The third-order valence-corrected chi connectivity index (χ3v) is 2.19. The fourth-order valence-corrected chi connectivity index (χ4v) is 1.39. The molecule has 1 aromatic heterocycles. The van der Waals surface area contributed by atoms with Crippen LogP contribution in [-0.4, -0.2) is 19.8 Å². The van der Waals surface area contributed by atoms with Crippen molar-refractivity contribution < 1.29 is 9.15 Å². The van der Waals surface area contributed by atoms with Gasteiger partial charge in [-0.1, -0.05) is 0 Å². The van der Waals surface area contributed by atoms with E-state index in [-0.39, 0.29) is 12.4 Å². The molecular weight excluding hydrogens is 226 g/mol. The molecule has 0 aromatic carbocycles. The molecule has 0 aliphatic rings. The number of aryl methyl sites for hydroxylation is 1.